The van der Waals surface area contributed by atoms with Gasteiger partial charge in [-0.2, -0.15) is 0 Å². The molecule has 5 rings (SSSR count). The van der Waals surface area contributed by atoms with Crippen LogP contribution in [0.1, 0.15) is 31.8 Å². The number of hydrogen-bond acceptors (Lipinski definition) is 3. The number of aliphatic hydroxyl groups is 1. The lowest BCUT2D eigenvalue weighted by Gasteiger charge is -2.19. The molecule has 0 fully saturated rings. The fourth-order valence-electron chi connectivity index (χ4n) is 4.65. The Hall–Kier alpha value is -3.96. The van der Waals surface area contributed by atoms with Crippen molar-refractivity contribution in [3.63, 3.8) is 0 Å². The second-order valence-corrected chi connectivity index (χ2v) is 8.37. The molecule has 1 aliphatic heterocycles. The van der Waals surface area contributed by atoms with Gasteiger partial charge >= 0.3 is 0 Å². The van der Waals surface area contributed by atoms with Gasteiger partial charge in [0.1, 0.15) is 0 Å². The predicted octanol–water partition coefficient (Wildman–Crippen LogP) is 4.71. The molecule has 1 atom stereocenters. The molecule has 0 aliphatic carbocycles. The minimum absolute atomic E-state index is 0.175. The molecule has 5 nitrogen and oxygen atoms in total. The van der Waals surface area contributed by atoms with E-state index in [1.54, 1.807) is 12.1 Å². The summed E-state index contributed by atoms with van der Waals surface area (Å²) < 4.78 is 0. The molecule has 1 aliphatic rings. The minimum atomic E-state index is -0.426. The Morgan fingerprint density at radius 3 is 2.52 bits per heavy atom. The average molecular weight is 437 g/mol. The standard InChI is InChI=1S/C28H24N2O3/c1-17-23-15-19-10-5-6-11-21(19)25(17)28(33)30-24-13-7-12-22(26(23)24)27(32)29-20(16-31)14-18-8-3-2-4-9-18/h2-13,15,20,31H,14,16H2,1H3,(H,29,32)(H,30,33)/t20-/m0/s1. The Kier molecular flexibility index (Phi) is 5.40. The van der Waals surface area contributed by atoms with Gasteiger partial charge in [-0.25, -0.2) is 0 Å². The monoisotopic (exact) mass is 436 g/mol. The molecule has 4 aromatic rings. The first-order chi connectivity index (χ1) is 16.1. The zero-order valence-electron chi connectivity index (χ0n) is 18.3. The zero-order valence-corrected chi connectivity index (χ0v) is 18.3. The first-order valence-corrected chi connectivity index (χ1v) is 11.0. The number of aliphatic hydroxyl groups excluding tert-OH is 1. The van der Waals surface area contributed by atoms with E-state index in [0.717, 1.165) is 27.5 Å². The summed E-state index contributed by atoms with van der Waals surface area (Å²) in [6, 6.07) is 24.5. The number of hydrogen-bond donors (Lipinski definition) is 3. The molecule has 2 bridgehead atoms. The minimum Gasteiger partial charge on any atom is -0.394 e. The lowest BCUT2D eigenvalue weighted by atomic mass is 9.89. The van der Waals surface area contributed by atoms with Gasteiger partial charge in [0.2, 0.25) is 0 Å². The predicted molar refractivity (Wildman–Crippen MR) is 131 cm³/mol. The second-order valence-electron chi connectivity index (χ2n) is 8.37. The molecule has 0 radical (unpaired) electrons. The molecule has 1 heterocycles. The van der Waals surface area contributed by atoms with Gasteiger partial charge in [-0.15, -0.1) is 0 Å². The number of amides is 2. The van der Waals surface area contributed by atoms with Crippen molar-refractivity contribution in [3.8, 4) is 11.1 Å². The smallest absolute Gasteiger partial charge is 0.256 e. The van der Waals surface area contributed by atoms with Gasteiger partial charge in [0.15, 0.2) is 0 Å². The molecule has 0 unspecified atom stereocenters. The number of nitrogens with one attached hydrogen (secondary N) is 2. The van der Waals surface area contributed by atoms with E-state index in [9.17, 15) is 14.7 Å². The molecule has 0 saturated carbocycles. The van der Waals surface area contributed by atoms with Crippen molar-refractivity contribution < 1.29 is 14.7 Å². The SMILES string of the molecule is Cc1c2cc3ccccc3c1C(=O)Nc1cccc(C(=O)N[C@H](CO)Cc3ccccc3)c1-2. The Morgan fingerprint density at radius 1 is 0.970 bits per heavy atom. The van der Waals surface area contributed by atoms with E-state index < -0.39 is 6.04 Å². The molecule has 0 spiro atoms. The van der Waals surface area contributed by atoms with Gasteiger partial charge in [-0.3, -0.25) is 9.59 Å². The van der Waals surface area contributed by atoms with Gasteiger partial charge in [0, 0.05) is 16.8 Å². The summed E-state index contributed by atoms with van der Waals surface area (Å²) in [6.45, 7) is 1.75. The van der Waals surface area contributed by atoms with E-state index in [2.05, 4.69) is 10.6 Å². The number of benzene rings is 4. The molecule has 33 heavy (non-hydrogen) atoms. The molecular formula is C28H24N2O3. The highest BCUT2D eigenvalue weighted by Crippen LogP contribution is 2.41. The van der Waals surface area contributed by atoms with Crippen LogP contribution in [0, 0.1) is 6.92 Å². The lowest BCUT2D eigenvalue weighted by Crippen LogP contribution is -2.39. The summed E-state index contributed by atoms with van der Waals surface area (Å²) in [6.07, 6.45) is 0.522. The molecule has 5 heteroatoms. The highest BCUT2D eigenvalue weighted by molar-refractivity contribution is 6.20. The normalized spacial score (nSPS) is 13.1. The van der Waals surface area contributed by atoms with Crippen molar-refractivity contribution in [1.82, 2.24) is 5.32 Å². The number of anilines is 1. The van der Waals surface area contributed by atoms with Gasteiger partial charge in [0.25, 0.3) is 11.8 Å². The third-order valence-corrected chi connectivity index (χ3v) is 6.24. The van der Waals surface area contributed by atoms with Crippen molar-refractivity contribution in [2.75, 3.05) is 11.9 Å². The van der Waals surface area contributed by atoms with Crippen molar-refractivity contribution in [2.45, 2.75) is 19.4 Å². The highest BCUT2D eigenvalue weighted by atomic mass is 16.3. The fourth-order valence-corrected chi connectivity index (χ4v) is 4.65. The average Bonchev–Trinajstić information content (AvgIpc) is 2.89. The van der Waals surface area contributed by atoms with Crippen molar-refractivity contribution in [3.05, 3.63) is 101 Å². The Morgan fingerprint density at radius 2 is 1.73 bits per heavy atom. The van der Waals surface area contributed by atoms with E-state index in [0.29, 0.717) is 28.8 Å². The van der Waals surface area contributed by atoms with E-state index in [1.807, 2.05) is 73.7 Å². The van der Waals surface area contributed by atoms with E-state index >= 15 is 0 Å². The Balaban J connectivity index is 1.58. The number of carbonyl (C=O) groups is 2. The Labute approximate surface area is 192 Å². The summed E-state index contributed by atoms with van der Waals surface area (Å²) >= 11 is 0. The van der Waals surface area contributed by atoms with Gasteiger partial charge in [-0.1, -0.05) is 60.7 Å². The maximum atomic E-state index is 13.4. The maximum Gasteiger partial charge on any atom is 0.256 e. The van der Waals surface area contributed by atoms with Crippen LogP contribution in [0.2, 0.25) is 0 Å². The molecule has 0 aromatic heterocycles. The van der Waals surface area contributed by atoms with Crippen LogP contribution in [-0.4, -0.2) is 29.6 Å². The maximum absolute atomic E-state index is 13.4. The fraction of sp³-hybridized carbons (Fsp3) is 0.143. The van der Waals surface area contributed by atoms with Gasteiger partial charge < -0.3 is 15.7 Å². The number of carbonyl (C=O) groups excluding carboxylic acids is 2. The zero-order chi connectivity index (χ0) is 22.9. The molecule has 4 aromatic carbocycles. The van der Waals surface area contributed by atoms with E-state index in [1.165, 1.54) is 0 Å². The van der Waals surface area contributed by atoms with Crippen LogP contribution in [0.25, 0.3) is 21.9 Å². The molecule has 164 valence electrons. The third kappa shape index (κ3) is 3.77. The van der Waals surface area contributed by atoms with E-state index in [4.69, 9.17) is 0 Å². The topological polar surface area (TPSA) is 78.4 Å². The molecule has 2 amide bonds. The summed E-state index contributed by atoms with van der Waals surface area (Å²) in [5.41, 5.74) is 5.12. The van der Waals surface area contributed by atoms with Crippen molar-refractivity contribution in [1.29, 1.82) is 0 Å². The van der Waals surface area contributed by atoms with E-state index in [-0.39, 0.29) is 18.4 Å². The molecular weight excluding hydrogens is 412 g/mol. The lowest BCUT2D eigenvalue weighted by molar-refractivity contribution is 0.0916. The van der Waals surface area contributed by atoms with Crippen LogP contribution in [0.5, 0.6) is 0 Å². The van der Waals surface area contributed by atoms with Crippen molar-refractivity contribution >= 4 is 28.3 Å². The number of fused-ring (bicyclic) bond motifs is 6. The van der Waals surface area contributed by atoms with Crippen LogP contribution in [-0.2, 0) is 6.42 Å². The largest absolute Gasteiger partial charge is 0.394 e. The summed E-state index contributed by atoms with van der Waals surface area (Å²) in [5, 5.41) is 17.7. The van der Waals surface area contributed by atoms with Crippen LogP contribution in [0.3, 0.4) is 0 Å². The second kappa shape index (κ2) is 8.52. The van der Waals surface area contributed by atoms with Crippen LogP contribution >= 0.6 is 0 Å². The summed E-state index contributed by atoms with van der Waals surface area (Å²) in [5.74, 6) is -0.466. The third-order valence-electron chi connectivity index (χ3n) is 6.24. The van der Waals surface area contributed by atoms with Gasteiger partial charge in [-0.05, 0) is 59.0 Å². The number of rotatable bonds is 5. The van der Waals surface area contributed by atoms with Crippen LogP contribution in [0.15, 0.2) is 78.9 Å². The summed E-state index contributed by atoms with van der Waals surface area (Å²) in [7, 11) is 0. The van der Waals surface area contributed by atoms with Crippen LogP contribution < -0.4 is 10.6 Å². The van der Waals surface area contributed by atoms with Gasteiger partial charge in [0.05, 0.1) is 18.2 Å². The quantitative estimate of drug-likeness (QED) is 0.424. The van der Waals surface area contributed by atoms with Crippen molar-refractivity contribution in [2.24, 2.45) is 0 Å². The van der Waals surface area contributed by atoms with Crippen LogP contribution in [0.4, 0.5) is 5.69 Å². The summed E-state index contributed by atoms with van der Waals surface area (Å²) in [4.78, 5) is 26.5. The molecule has 3 N–H and O–H groups in total. The Bertz CT molecular complexity index is 1380. The highest BCUT2D eigenvalue weighted by Gasteiger charge is 2.27. The first-order valence-electron chi connectivity index (χ1n) is 11.0. The molecule has 0 saturated heterocycles. The first kappa shape index (κ1) is 20.9.